The Balaban J connectivity index is 2.40. The van der Waals surface area contributed by atoms with Gasteiger partial charge in [0.2, 0.25) is 0 Å². The summed E-state index contributed by atoms with van der Waals surface area (Å²) in [5.74, 6) is 0.653. The molecule has 0 aliphatic heterocycles. The number of halogens is 1. The molecule has 2 rings (SSSR count). The van der Waals surface area contributed by atoms with Crippen molar-refractivity contribution in [1.29, 1.82) is 0 Å². The van der Waals surface area contributed by atoms with Gasteiger partial charge in [0.1, 0.15) is 0 Å². The molecule has 1 aromatic carbocycles. The average Bonchev–Trinajstić information content (AvgIpc) is 2.30. The lowest BCUT2D eigenvalue weighted by molar-refractivity contribution is 0.731. The first-order valence-corrected chi connectivity index (χ1v) is 5.27. The molecule has 2 aromatic rings. The molecule has 82 valence electrons. The second-order valence-electron chi connectivity index (χ2n) is 3.27. The zero-order valence-electron chi connectivity index (χ0n) is 8.81. The second-order valence-corrected chi connectivity index (χ2v) is 3.68. The number of nitrogens with one attached hydrogen (secondary N) is 1. The van der Waals surface area contributed by atoms with E-state index in [0.717, 1.165) is 11.3 Å². The van der Waals surface area contributed by atoms with Crippen LogP contribution in [-0.4, -0.2) is 22.2 Å². The van der Waals surface area contributed by atoms with Crippen molar-refractivity contribution >= 4 is 11.6 Å². The van der Waals surface area contributed by atoms with E-state index < -0.39 is 0 Å². The summed E-state index contributed by atoms with van der Waals surface area (Å²) in [7, 11) is 1.84. The van der Waals surface area contributed by atoms with Gasteiger partial charge in [0.15, 0.2) is 5.82 Å². The summed E-state index contributed by atoms with van der Waals surface area (Å²) in [6.45, 7) is 0.589. The van der Waals surface area contributed by atoms with Crippen molar-refractivity contribution in [3.63, 3.8) is 0 Å². The molecule has 0 saturated carbocycles. The summed E-state index contributed by atoms with van der Waals surface area (Å²) in [4.78, 5) is 4.37. The summed E-state index contributed by atoms with van der Waals surface area (Å²) in [5, 5.41) is 11.5. The van der Waals surface area contributed by atoms with Crippen LogP contribution < -0.4 is 5.32 Å². The minimum absolute atomic E-state index is 0.589. The fourth-order valence-electron chi connectivity index (χ4n) is 1.37. The molecule has 1 heterocycles. The molecule has 0 bridgehead atoms. The van der Waals surface area contributed by atoms with Crippen LogP contribution in [0.4, 0.5) is 0 Å². The van der Waals surface area contributed by atoms with Gasteiger partial charge in [-0.2, -0.15) is 5.10 Å². The van der Waals surface area contributed by atoms with Crippen molar-refractivity contribution in [1.82, 2.24) is 20.5 Å². The average molecular weight is 235 g/mol. The SMILES string of the molecule is CNCc1nncc(-c2ccccc2Cl)n1. The van der Waals surface area contributed by atoms with E-state index in [9.17, 15) is 0 Å². The molecule has 0 spiro atoms. The molecule has 0 unspecified atom stereocenters. The van der Waals surface area contributed by atoms with E-state index >= 15 is 0 Å². The van der Waals surface area contributed by atoms with Gasteiger partial charge in [-0.15, -0.1) is 5.10 Å². The van der Waals surface area contributed by atoms with Gasteiger partial charge in [-0.3, -0.25) is 0 Å². The molecule has 4 nitrogen and oxygen atoms in total. The predicted octanol–water partition coefficient (Wildman–Crippen LogP) is 1.91. The molecule has 1 aromatic heterocycles. The molecule has 5 heteroatoms. The molecule has 1 N–H and O–H groups in total. The van der Waals surface area contributed by atoms with Crippen LogP contribution >= 0.6 is 11.6 Å². The fraction of sp³-hybridized carbons (Fsp3) is 0.182. The molecule has 16 heavy (non-hydrogen) atoms. The van der Waals surface area contributed by atoms with Crippen molar-refractivity contribution < 1.29 is 0 Å². The van der Waals surface area contributed by atoms with E-state index in [4.69, 9.17) is 11.6 Å². The molecular formula is C11H11ClN4. The lowest BCUT2D eigenvalue weighted by atomic mass is 10.2. The Morgan fingerprint density at radius 1 is 1.31 bits per heavy atom. The number of nitrogens with zero attached hydrogens (tertiary/aromatic N) is 3. The van der Waals surface area contributed by atoms with Gasteiger partial charge in [0.05, 0.1) is 23.5 Å². The van der Waals surface area contributed by atoms with Crippen molar-refractivity contribution in [2.75, 3.05) is 7.05 Å². The van der Waals surface area contributed by atoms with Crippen LogP contribution in [0.25, 0.3) is 11.3 Å². The van der Waals surface area contributed by atoms with Crippen LogP contribution in [0, 0.1) is 0 Å². The van der Waals surface area contributed by atoms with Crippen LogP contribution in [0.2, 0.25) is 5.02 Å². The number of rotatable bonds is 3. The van der Waals surface area contributed by atoms with E-state index in [2.05, 4.69) is 20.5 Å². The van der Waals surface area contributed by atoms with Crippen molar-refractivity contribution in [2.45, 2.75) is 6.54 Å². The van der Waals surface area contributed by atoms with E-state index in [-0.39, 0.29) is 0 Å². The van der Waals surface area contributed by atoms with Gasteiger partial charge >= 0.3 is 0 Å². The Morgan fingerprint density at radius 2 is 2.12 bits per heavy atom. The van der Waals surface area contributed by atoms with Gasteiger partial charge in [-0.25, -0.2) is 4.98 Å². The number of hydrogen-bond acceptors (Lipinski definition) is 4. The Hall–Kier alpha value is -1.52. The quantitative estimate of drug-likeness (QED) is 0.882. The highest BCUT2D eigenvalue weighted by atomic mass is 35.5. The maximum Gasteiger partial charge on any atom is 0.165 e. The van der Waals surface area contributed by atoms with E-state index in [1.807, 2.05) is 31.3 Å². The van der Waals surface area contributed by atoms with Crippen molar-refractivity contribution in [2.24, 2.45) is 0 Å². The third-order valence-corrected chi connectivity index (χ3v) is 2.42. The molecule has 0 amide bonds. The molecular weight excluding hydrogens is 224 g/mol. The zero-order valence-corrected chi connectivity index (χ0v) is 9.57. The fourth-order valence-corrected chi connectivity index (χ4v) is 1.60. The van der Waals surface area contributed by atoms with Crippen LogP contribution in [0.15, 0.2) is 30.5 Å². The van der Waals surface area contributed by atoms with Crippen LogP contribution in [0.1, 0.15) is 5.82 Å². The minimum atomic E-state index is 0.589. The van der Waals surface area contributed by atoms with Crippen LogP contribution in [0.5, 0.6) is 0 Å². The zero-order chi connectivity index (χ0) is 11.4. The molecule has 0 fully saturated rings. The predicted molar refractivity (Wildman–Crippen MR) is 63.0 cm³/mol. The largest absolute Gasteiger partial charge is 0.313 e. The highest BCUT2D eigenvalue weighted by Crippen LogP contribution is 2.24. The minimum Gasteiger partial charge on any atom is -0.313 e. The number of aromatic nitrogens is 3. The van der Waals surface area contributed by atoms with Gasteiger partial charge in [0.25, 0.3) is 0 Å². The Bertz CT molecular complexity index is 487. The summed E-state index contributed by atoms with van der Waals surface area (Å²) in [6, 6.07) is 7.54. The van der Waals surface area contributed by atoms with Gasteiger partial charge in [-0.05, 0) is 13.1 Å². The Kier molecular flexibility index (Phi) is 3.44. The molecule has 0 radical (unpaired) electrons. The molecule has 0 saturated heterocycles. The van der Waals surface area contributed by atoms with Gasteiger partial charge < -0.3 is 5.32 Å². The topological polar surface area (TPSA) is 50.7 Å². The summed E-state index contributed by atoms with van der Waals surface area (Å²) in [5.41, 5.74) is 1.61. The molecule has 0 atom stereocenters. The summed E-state index contributed by atoms with van der Waals surface area (Å²) < 4.78 is 0. The standard InChI is InChI=1S/C11H11ClN4/c1-13-7-11-15-10(6-14-16-11)8-4-2-3-5-9(8)12/h2-6,13H,7H2,1H3. The Morgan fingerprint density at radius 3 is 2.88 bits per heavy atom. The van der Waals surface area contributed by atoms with Crippen LogP contribution in [-0.2, 0) is 6.54 Å². The van der Waals surface area contributed by atoms with E-state index in [0.29, 0.717) is 17.4 Å². The first-order chi connectivity index (χ1) is 7.81. The maximum absolute atomic E-state index is 6.08. The van der Waals surface area contributed by atoms with Crippen LogP contribution in [0.3, 0.4) is 0 Å². The lowest BCUT2D eigenvalue weighted by Gasteiger charge is -2.04. The van der Waals surface area contributed by atoms with E-state index in [1.54, 1.807) is 6.20 Å². The summed E-state index contributed by atoms with van der Waals surface area (Å²) in [6.07, 6.45) is 1.61. The third kappa shape index (κ3) is 2.35. The highest BCUT2D eigenvalue weighted by Gasteiger charge is 2.05. The first kappa shape index (κ1) is 11.0. The first-order valence-electron chi connectivity index (χ1n) is 4.89. The highest BCUT2D eigenvalue weighted by molar-refractivity contribution is 6.33. The maximum atomic E-state index is 6.08. The smallest absolute Gasteiger partial charge is 0.165 e. The molecule has 0 aliphatic rings. The lowest BCUT2D eigenvalue weighted by Crippen LogP contribution is -2.10. The summed E-state index contributed by atoms with van der Waals surface area (Å²) >= 11 is 6.08. The monoisotopic (exact) mass is 234 g/mol. The van der Waals surface area contributed by atoms with Gasteiger partial charge in [-0.1, -0.05) is 29.8 Å². The van der Waals surface area contributed by atoms with E-state index in [1.165, 1.54) is 0 Å². The molecule has 0 aliphatic carbocycles. The van der Waals surface area contributed by atoms with Gasteiger partial charge in [0, 0.05) is 5.56 Å². The van der Waals surface area contributed by atoms with Crippen molar-refractivity contribution in [3.05, 3.63) is 41.3 Å². The normalized spacial score (nSPS) is 10.4. The second kappa shape index (κ2) is 5.01. The van der Waals surface area contributed by atoms with Crippen molar-refractivity contribution in [3.8, 4) is 11.3 Å². The third-order valence-electron chi connectivity index (χ3n) is 2.09. The Labute approximate surface area is 98.7 Å². The number of hydrogen-bond donors (Lipinski definition) is 1. The number of benzene rings is 1.